The van der Waals surface area contributed by atoms with E-state index in [1.165, 1.54) is 25.7 Å². The van der Waals surface area contributed by atoms with Gasteiger partial charge in [-0.1, -0.05) is 13.8 Å². The average molecular weight is 382 g/mol. The first-order chi connectivity index (χ1) is 12.8. The molecule has 27 heavy (non-hydrogen) atoms. The number of rotatable bonds is 11. The van der Waals surface area contributed by atoms with Crippen LogP contribution in [0.3, 0.4) is 0 Å². The SMILES string of the molecule is CC(C)OC[C@H]1CC[C@@H](COCCC(=O)N[C@H]2C[C@@H](C(=O)C(C)C)C2)CC1. The molecule has 0 spiro atoms. The lowest BCUT2D eigenvalue weighted by atomic mass is 9.75. The van der Waals surface area contributed by atoms with E-state index < -0.39 is 0 Å². The van der Waals surface area contributed by atoms with Crippen molar-refractivity contribution in [2.75, 3.05) is 19.8 Å². The summed E-state index contributed by atoms with van der Waals surface area (Å²) in [6.07, 6.45) is 7.17. The van der Waals surface area contributed by atoms with Crippen molar-refractivity contribution in [3.63, 3.8) is 0 Å². The van der Waals surface area contributed by atoms with Gasteiger partial charge in [0.2, 0.25) is 5.91 Å². The van der Waals surface area contributed by atoms with E-state index in [1.807, 2.05) is 13.8 Å². The van der Waals surface area contributed by atoms with E-state index in [1.54, 1.807) is 0 Å². The lowest BCUT2D eigenvalue weighted by Crippen LogP contribution is -2.47. The van der Waals surface area contributed by atoms with Gasteiger partial charge in [0.15, 0.2) is 0 Å². The fourth-order valence-electron chi connectivity index (χ4n) is 4.05. The molecule has 1 amide bonds. The van der Waals surface area contributed by atoms with Gasteiger partial charge in [-0.05, 0) is 64.2 Å². The second-order valence-corrected chi connectivity index (χ2v) is 9.08. The number of Topliss-reactive ketones (excluding diaryl/α,β-unsaturated/α-hetero) is 1. The second kappa shape index (κ2) is 11.2. The molecule has 2 aliphatic rings. The highest BCUT2D eigenvalue weighted by Gasteiger charge is 2.35. The smallest absolute Gasteiger partial charge is 0.222 e. The van der Waals surface area contributed by atoms with Gasteiger partial charge in [-0.25, -0.2) is 0 Å². The third-order valence-electron chi connectivity index (χ3n) is 5.93. The third kappa shape index (κ3) is 7.90. The molecule has 0 radical (unpaired) electrons. The zero-order valence-corrected chi connectivity index (χ0v) is 17.7. The van der Waals surface area contributed by atoms with E-state index in [9.17, 15) is 9.59 Å². The normalized spacial score (nSPS) is 28.2. The second-order valence-electron chi connectivity index (χ2n) is 9.08. The molecule has 0 bridgehead atoms. The fourth-order valence-corrected chi connectivity index (χ4v) is 4.05. The molecule has 0 saturated heterocycles. The van der Waals surface area contributed by atoms with Crippen molar-refractivity contribution in [3.8, 4) is 0 Å². The number of ether oxygens (including phenoxy) is 2. The van der Waals surface area contributed by atoms with Gasteiger partial charge in [0.1, 0.15) is 5.78 Å². The Morgan fingerprint density at radius 1 is 0.963 bits per heavy atom. The molecule has 1 N–H and O–H groups in total. The van der Waals surface area contributed by atoms with E-state index in [0.717, 1.165) is 26.1 Å². The molecule has 0 aromatic carbocycles. The van der Waals surface area contributed by atoms with Crippen molar-refractivity contribution in [2.24, 2.45) is 23.7 Å². The Labute approximate surface area is 164 Å². The molecule has 0 aromatic heterocycles. The summed E-state index contributed by atoms with van der Waals surface area (Å²) in [6.45, 7) is 10.2. The minimum Gasteiger partial charge on any atom is -0.381 e. The molecule has 156 valence electrons. The van der Waals surface area contributed by atoms with Crippen LogP contribution < -0.4 is 5.32 Å². The van der Waals surface area contributed by atoms with Crippen molar-refractivity contribution in [1.82, 2.24) is 5.32 Å². The standard InChI is InChI=1S/C22H39NO4/c1-15(2)22(25)19-11-20(12-19)23-21(24)9-10-26-13-17-5-7-18(8-6-17)14-27-16(3)4/h15-20H,5-14H2,1-4H3,(H,23,24)/t17-,18+,19-,20+. The predicted octanol–water partition coefficient (Wildman–Crippen LogP) is 3.74. The van der Waals surface area contributed by atoms with E-state index in [4.69, 9.17) is 9.47 Å². The van der Waals surface area contributed by atoms with Gasteiger partial charge in [0.05, 0.1) is 12.7 Å². The van der Waals surface area contributed by atoms with Crippen LogP contribution in [0, 0.1) is 23.7 Å². The van der Waals surface area contributed by atoms with Crippen molar-refractivity contribution in [2.45, 2.75) is 84.8 Å². The molecule has 0 atom stereocenters. The van der Waals surface area contributed by atoms with E-state index in [2.05, 4.69) is 19.2 Å². The van der Waals surface area contributed by atoms with Crippen molar-refractivity contribution in [3.05, 3.63) is 0 Å². The average Bonchev–Trinajstić information content (AvgIpc) is 2.60. The summed E-state index contributed by atoms with van der Waals surface area (Å²) < 4.78 is 11.5. The Hall–Kier alpha value is -0.940. The van der Waals surface area contributed by atoms with Crippen LogP contribution >= 0.6 is 0 Å². The van der Waals surface area contributed by atoms with Crippen LogP contribution in [0.15, 0.2) is 0 Å². The number of hydrogen-bond acceptors (Lipinski definition) is 4. The van der Waals surface area contributed by atoms with Gasteiger partial charge < -0.3 is 14.8 Å². The maximum absolute atomic E-state index is 12.0. The van der Waals surface area contributed by atoms with Gasteiger partial charge in [0, 0.05) is 37.5 Å². The van der Waals surface area contributed by atoms with Crippen molar-refractivity contribution in [1.29, 1.82) is 0 Å². The van der Waals surface area contributed by atoms with E-state index >= 15 is 0 Å². The van der Waals surface area contributed by atoms with Crippen LogP contribution in [0.5, 0.6) is 0 Å². The summed E-state index contributed by atoms with van der Waals surface area (Å²) >= 11 is 0. The molecule has 2 rings (SSSR count). The maximum atomic E-state index is 12.0. The van der Waals surface area contributed by atoms with Gasteiger partial charge in [-0.2, -0.15) is 0 Å². The van der Waals surface area contributed by atoms with Crippen LogP contribution in [0.25, 0.3) is 0 Å². The van der Waals surface area contributed by atoms with Gasteiger partial charge in [-0.3, -0.25) is 9.59 Å². The monoisotopic (exact) mass is 381 g/mol. The number of ketones is 1. The molecule has 0 aromatic rings. The summed E-state index contributed by atoms with van der Waals surface area (Å²) in [4.78, 5) is 23.9. The molecular formula is C22H39NO4. The number of hydrogen-bond donors (Lipinski definition) is 1. The fraction of sp³-hybridized carbons (Fsp3) is 0.909. The molecular weight excluding hydrogens is 342 g/mol. The Balaban J connectivity index is 1.47. The topological polar surface area (TPSA) is 64.6 Å². The van der Waals surface area contributed by atoms with Crippen LogP contribution in [0.2, 0.25) is 0 Å². The van der Waals surface area contributed by atoms with Crippen molar-refractivity contribution < 1.29 is 19.1 Å². The third-order valence-corrected chi connectivity index (χ3v) is 5.93. The highest BCUT2D eigenvalue weighted by molar-refractivity contribution is 5.84. The summed E-state index contributed by atoms with van der Waals surface area (Å²) in [6, 6.07) is 0.175. The molecule has 0 aliphatic heterocycles. The lowest BCUT2D eigenvalue weighted by Gasteiger charge is -2.35. The van der Waals surface area contributed by atoms with E-state index in [-0.39, 0.29) is 23.8 Å². The van der Waals surface area contributed by atoms with E-state index in [0.29, 0.717) is 36.8 Å². The van der Waals surface area contributed by atoms with Gasteiger partial charge in [0.25, 0.3) is 0 Å². The van der Waals surface area contributed by atoms with Gasteiger partial charge in [-0.15, -0.1) is 0 Å². The number of carbonyl (C=O) groups is 2. The highest BCUT2D eigenvalue weighted by atomic mass is 16.5. The summed E-state index contributed by atoms with van der Waals surface area (Å²) in [5, 5.41) is 3.02. The molecule has 2 fully saturated rings. The molecule has 2 aliphatic carbocycles. The predicted molar refractivity (Wildman–Crippen MR) is 106 cm³/mol. The summed E-state index contributed by atoms with van der Waals surface area (Å²) in [7, 11) is 0. The maximum Gasteiger partial charge on any atom is 0.222 e. The van der Waals surface area contributed by atoms with Crippen molar-refractivity contribution >= 4 is 11.7 Å². The largest absolute Gasteiger partial charge is 0.381 e. The van der Waals surface area contributed by atoms with Crippen LogP contribution in [0.1, 0.15) is 72.6 Å². The molecule has 0 heterocycles. The minimum absolute atomic E-state index is 0.0463. The molecule has 2 saturated carbocycles. The number of carbonyl (C=O) groups excluding carboxylic acids is 2. The first-order valence-electron chi connectivity index (χ1n) is 10.9. The number of nitrogens with one attached hydrogen (secondary N) is 1. The first-order valence-corrected chi connectivity index (χ1v) is 10.9. The zero-order valence-electron chi connectivity index (χ0n) is 17.7. The molecule has 0 unspecified atom stereocenters. The van der Waals surface area contributed by atoms with Crippen LogP contribution in [-0.2, 0) is 19.1 Å². The Morgan fingerprint density at radius 3 is 2.11 bits per heavy atom. The van der Waals surface area contributed by atoms with Crippen LogP contribution in [-0.4, -0.2) is 43.7 Å². The Morgan fingerprint density at radius 2 is 1.56 bits per heavy atom. The van der Waals surface area contributed by atoms with Gasteiger partial charge >= 0.3 is 0 Å². The Bertz CT molecular complexity index is 463. The Kier molecular flexibility index (Phi) is 9.24. The summed E-state index contributed by atoms with van der Waals surface area (Å²) in [5.41, 5.74) is 0. The molecule has 5 heteroatoms. The number of amides is 1. The highest BCUT2D eigenvalue weighted by Crippen LogP contribution is 2.31. The van der Waals surface area contributed by atoms with Crippen LogP contribution in [0.4, 0.5) is 0 Å². The quantitative estimate of drug-likeness (QED) is 0.554. The lowest BCUT2D eigenvalue weighted by molar-refractivity contribution is -0.131. The minimum atomic E-state index is 0.0463. The summed E-state index contributed by atoms with van der Waals surface area (Å²) in [5.74, 6) is 1.94. The zero-order chi connectivity index (χ0) is 19.8. The first kappa shape index (κ1) is 22.4. The molecule has 5 nitrogen and oxygen atoms in total.